The second-order valence-corrected chi connectivity index (χ2v) is 33.5. The van der Waals surface area contributed by atoms with E-state index in [2.05, 4.69) is 466 Å². The van der Waals surface area contributed by atoms with E-state index in [1.807, 2.05) is 12.1 Å². The topological polar surface area (TPSA) is 77.3 Å². The van der Waals surface area contributed by atoms with Gasteiger partial charge in [-0.2, -0.15) is 0 Å². The van der Waals surface area contributed by atoms with E-state index in [1.54, 1.807) is 0 Å². The van der Waals surface area contributed by atoms with Gasteiger partial charge in [0.2, 0.25) is 0 Å². The summed E-state index contributed by atoms with van der Waals surface area (Å²) in [5.74, 6) is 3.73. The van der Waals surface area contributed by atoms with Gasteiger partial charge in [0.05, 0.1) is 0 Å². The van der Waals surface area contributed by atoms with E-state index >= 15 is 0 Å². The second-order valence-electron chi connectivity index (χ2n) is 33.5. The molecule has 6 nitrogen and oxygen atoms in total. The highest BCUT2D eigenvalue weighted by Crippen LogP contribution is 2.42. The van der Waals surface area contributed by atoms with E-state index < -0.39 is 0 Å². The molecule has 0 saturated carbocycles. The van der Waals surface area contributed by atoms with Gasteiger partial charge in [0.25, 0.3) is 0 Å². The third-order valence-electron chi connectivity index (χ3n) is 24.2. The maximum absolute atomic E-state index is 5.22. The number of hydrogen-bond donors (Lipinski definition) is 0. The minimum Gasteiger partial charge on any atom is -0.208 e. The molecule has 2 aromatic heterocycles. The minimum absolute atomic E-state index is 0.615. The fourth-order valence-electron chi connectivity index (χ4n) is 17.2. The van der Waals surface area contributed by atoms with Crippen molar-refractivity contribution in [3.8, 4) is 191 Å². The molecule has 0 N–H and O–H groups in total. The molecule has 21 aromatic rings. The number of rotatable bonds is 17. The molecular formula is C122H90N6. The van der Waals surface area contributed by atoms with Crippen LogP contribution in [0.25, 0.3) is 212 Å². The SMILES string of the molecule is Cc1ccc(-c2cc(C)cc(-c3ccc(-c4nc(-c5ccc(-c6cc(C)cc(-c7ccc(C)cc7)c6)cc5)nc(-c5ccc(-c6c7ccccc7cc7ccccc67)cc5)n4)cc3)c2)cc1.Cc1ccc(-c2cccc(-c3ccc(-c4nc(-c5ccc(-c6cccc(-c7ccc(C)cc7)c6)cc5)nc(-c5cc(-c6ccccc6)cc(-c6ccccc6)c5)n4)cc3)c2)cc1. The highest BCUT2D eigenvalue weighted by Gasteiger charge is 2.21. The van der Waals surface area contributed by atoms with Gasteiger partial charge in [0.1, 0.15) is 0 Å². The third-order valence-corrected chi connectivity index (χ3v) is 24.2. The van der Waals surface area contributed by atoms with Crippen LogP contribution in [0.15, 0.2) is 437 Å². The zero-order chi connectivity index (χ0) is 86.6. The lowest BCUT2D eigenvalue weighted by atomic mass is 9.91. The molecule has 0 atom stereocenters. The predicted octanol–water partition coefficient (Wildman–Crippen LogP) is 32.2. The first-order valence-electron chi connectivity index (χ1n) is 43.7. The molecule has 0 spiro atoms. The van der Waals surface area contributed by atoms with Gasteiger partial charge in [-0.25, -0.2) is 29.9 Å². The van der Waals surface area contributed by atoms with Gasteiger partial charge in [-0.1, -0.05) is 411 Å². The Morgan fingerprint density at radius 1 is 0.117 bits per heavy atom. The Balaban J connectivity index is 0.000000161. The average molecular weight is 1640 g/mol. The maximum Gasteiger partial charge on any atom is 0.164 e. The number of benzene rings is 19. The van der Waals surface area contributed by atoms with Crippen molar-refractivity contribution in [2.24, 2.45) is 0 Å². The maximum atomic E-state index is 5.22. The first kappa shape index (κ1) is 80.1. The van der Waals surface area contributed by atoms with Crippen molar-refractivity contribution in [3.63, 3.8) is 0 Å². The van der Waals surface area contributed by atoms with Crippen LogP contribution in [-0.2, 0) is 0 Å². The summed E-state index contributed by atoms with van der Waals surface area (Å²) in [6.45, 7) is 12.8. The number of aromatic nitrogens is 6. The largest absolute Gasteiger partial charge is 0.208 e. The Bertz CT molecular complexity index is 7200. The molecule has 0 fully saturated rings. The molecule has 2 heterocycles. The van der Waals surface area contributed by atoms with E-state index in [9.17, 15) is 0 Å². The van der Waals surface area contributed by atoms with E-state index in [-0.39, 0.29) is 0 Å². The number of nitrogens with zero attached hydrogens (tertiary/aromatic N) is 6. The van der Waals surface area contributed by atoms with Crippen molar-refractivity contribution in [1.82, 2.24) is 29.9 Å². The molecule has 6 heteroatoms. The van der Waals surface area contributed by atoms with E-state index in [0.29, 0.717) is 34.9 Å². The van der Waals surface area contributed by atoms with Gasteiger partial charge in [-0.05, 0) is 245 Å². The summed E-state index contributed by atoms with van der Waals surface area (Å²) in [4.78, 5) is 31.1. The first-order valence-corrected chi connectivity index (χ1v) is 43.7. The van der Waals surface area contributed by atoms with E-state index in [1.165, 1.54) is 116 Å². The van der Waals surface area contributed by atoms with Crippen LogP contribution in [0.3, 0.4) is 0 Å². The Kier molecular flexibility index (Phi) is 22.2. The van der Waals surface area contributed by atoms with E-state index in [0.717, 1.165) is 94.6 Å². The van der Waals surface area contributed by atoms with Gasteiger partial charge in [0, 0.05) is 33.4 Å². The highest BCUT2D eigenvalue weighted by molar-refractivity contribution is 6.13. The van der Waals surface area contributed by atoms with Gasteiger partial charge < -0.3 is 0 Å². The summed E-state index contributed by atoms with van der Waals surface area (Å²) in [6.07, 6.45) is 0. The number of fused-ring (bicyclic) bond motifs is 2. The van der Waals surface area contributed by atoms with Crippen LogP contribution in [-0.4, -0.2) is 29.9 Å². The minimum atomic E-state index is 0.615. The molecule has 128 heavy (non-hydrogen) atoms. The summed E-state index contributed by atoms with van der Waals surface area (Å²) in [6, 6.07) is 156. The Morgan fingerprint density at radius 3 is 0.586 bits per heavy atom. The fraction of sp³-hybridized carbons (Fsp3) is 0.0492. The first-order chi connectivity index (χ1) is 62.8. The lowest BCUT2D eigenvalue weighted by Gasteiger charge is -2.13. The average Bonchev–Trinajstić information content (AvgIpc) is 0.739. The van der Waals surface area contributed by atoms with Crippen LogP contribution in [0.2, 0.25) is 0 Å². The monoisotopic (exact) mass is 1640 g/mol. The molecular weight excluding hydrogens is 1550 g/mol. The molecule has 0 saturated heterocycles. The second kappa shape index (κ2) is 35.5. The van der Waals surface area contributed by atoms with Crippen molar-refractivity contribution in [3.05, 3.63) is 470 Å². The molecule has 0 radical (unpaired) electrons. The van der Waals surface area contributed by atoms with Crippen molar-refractivity contribution < 1.29 is 0 Å². The van der Waals surface area contributed by atoms with Crippen LogP contribution < -0.4 is 0 Å². The fourth-order valence-corrected chi connectivity index (χ4v) is 17.2. The van der Waals surface area contributed by atoms with Gasteiger partial charge >= 0.3 is 0 Å². The molecule has 0 bridgehead atoms. The molecule has 0 aliphatic rings. The molecule has 19 aromatic carbocycles. The normalized spacial score (nSPS) is 11.2. The van der Waals surface area contributed by atoms with Gasteiger partial charge in [-0.3, -0.25) is 0 Å². The van der Waals surface area contributed by atoms with Crippen molar-refractivity contribution >= 4 is 21.5 Å². The molecule has 0 unspecified atom stereocenters. The number of hydrogen-bond acceptors (Lipinski definition) is 6. The zero-order valence-corrected chi connectivity index (χ0v) is 72.3. The summed E-state index contributed by atoms with van der Waals surface area (Å²) >= 11 is 0. The predicted molar refractivity (Wildman–Crippen MR) is 536 cm³/mol. The lowest BCUT2D eigenvalue weighted by Crippen LogP contribution is -2.00. The quantitative estimate of drug-likeness (QED) is 0.0846. The summed E-state index contributed by atoms with van der Waals surface area (Å²) in [5, 5.41) is 4.91. The summed E-state index contributed by atoms with van der Waals surface area (Å²) < 4.78 is 0. The van der Waals surface area contributed by atoms with Crippen LogP contribution in [0.1, 0.15) is 33.4 Å². The van der Waals surface area contributed by atoms with Crippen molar-refractivity contribution in [2.75, 3.05) is 0 Å². The Morgan fingerprint density at radius 2 is 0.305 bits per heavy atom. The standard InChI is InChI=1S/C63H47N3.C59H43N3/c1-40-13-17-44(18-14-40)54-33-42(3)35-56(38-54)46-21-27-49(28-22-46)61-64-62(50-29-23-47(24-30-50)57-36-43(4)34-55(39-57)45-19-15-41(2)16-20-45)66-63(65-61)51-31-25-48(26-32-51)60-58-11-7-5-9-52(58)37-53-10-6-8-12-59(53)60;1-40-19-23-44(24-20-40)50-15-9-17-52(35-50)46-27-31-48(32-28-46)57-60-58(49-33-29-47(30-34-49)53-18-10-16-51(36-53)45-25-21-41(2)22-26-45)62-59(61-57)56-38-54(42-11-5-3-6-12-42)37-55(39-56)43-13-7-4-8-14-43/h5-39H,1-4H3;3-39H,1-2H3. The van der Waals surface area contributed by atoms with Crippen LogP contribution >= 0.6 is 0 Å². The molecule has 0 aliphatic carbocycles. The molecule has 0 aliphatic heterocycles. The lowest BCUT2D eigenvalue weighted by molar-refractivity contribution is 1.07. The summed E-state index contributed by atoms with van der Waals surface area (Å²) in [7, 11) is 0. The Hall–Kier alpha value is -16.3. The van der Waals surface area contributed by atoms with Crippen molar-refractivity contribution in [2.45, 2.75) is 41.5 Å². The molecule has 21 rings (SSSR count). The van der Waals surface area contributed by atoms with E-state index in [4.69, 9.17) is 29.9 Å². The Labute approximate surface area is 748 Å². The smallest absolute Gasteiger partial charge is 0.164 e. The summed E-state index contributed by atoms with van der Waals surface area (Å²) in [5.41, 5.74) is 38.6. The van der Waals surface area contributed by atoms with Gasteiger partial charge in [0.15, 0.2) is 34.9 Å². The highest BCUT2D eigenvalue weighted by atomic mass is 15.0. The van der Waals surface area contributed by atoms with Crippen LogP contribution in [0.5, 0.6) is 0 Å². The van der Waals surface area contributed by atoms with Gasteiger partial charge in [-0.15, -0.1) is 0 Å². The third kappa shape index (κ3) is 17.6. The zero-order valence-electron chi connectivity index (χ0n) is 72.3. The molecule has 0 amide bonds. The van der Waals surface area contributed by atoms with Crippen LogP contribution in [0.4, 0.5) is 0 Å². The van der Waals surface area contributed by atoms with Crippen molar-refractivity contribution in [1.29, 1.82) is 0 Å². The van der Waals surface area contributed by atoms with Crippen LogP contribution in [0, 0.1) is 41.5 Å². The molecule has 608 valence electrons. The number of aryl methyl sites for hydroxylation is 6.